The minimum Gasteiger partial charge on any atom is -0.473 e. The molecule has 6 aromatic heterocycles. The summed E-state index contributed by atoms with van der Waals surface area (Å²) in [7, 11) is 0. The molecule has 37 heteroatoms. The van der Waals surface area contributed by atoms with Crippen molar-refractivity contribution in [3.8, 4) is 52.9 Å². The highest BCUT2D eigenvalue weighted by Gasteiger charge is 2.50. The number of aromatic nitrogens is 9. The summed E-state index contributed by atoms with van der Waals surface area (Å²) >= 11 is 0. The van der Waals surface area contributed by atoms with Crippen LogP contribution in [0.15, 0.2) is 92.2 Å². The predicted molar refractivity (Wildman–Crippen MR) is 434 cm³/mol. The number of amides is 4. The van der Waals surface area contributed by atoms with E-state index in [1.807, 2.05) is 52.1 Å². The van der Waals surface area contributed by atoms with Crippen molar-refractivity contribution < 1.29 is 94.1 Å². The summed E-state index contributed by atoms with van der Waals surface area (Å²) in [6.45, 7) is 24.6. The van der Waals surface area contributed by atoms with Gasteiger partial charge in [0.15, 0.2) is 16.9 Å². The number of hydrogen-bond donors (Lipinski definition) is 1. The summed E-state index contributed by atoms with van der Waals surface area (Å²) < 4.78 is 104. The highest BCUT2D eigenvalue weighted by molar-refractivity contribution is 6.01. The van der Waals surface area contributed by atoms with E-state index in [-0.39, 0.29) is 131 Å². The normalized spacial score (nSPS) is 22.2. The first-order chi connectivity index (χ1) is 58.5. The van der Waals surface area contributed by atoms with Crippen molar-refractivity contribution in [3.05, 3.63) is 143 Å². The third kappa shape index (κ3) is 19.6. The maximum Gasteiger partial charge on any atom is 0.534 e. The molecule has 18 rings (SSSR count). The molecule has 3 aromatic carbocycles. The van der Waals surface area contributed by atoms with Gasteiger partial charge in [0, 0.05) is 130 Å². The van der Waals surface area contributed by atoms with Gasteiger partial charge in [-0.15, -0.1) is 12.4 Å². The van der Waals surface area contributed by atoms with Gasteiger partial charge in [0.2, 0.25) is 17.6 Å². The predicted octanol–water partition coefficient (Wildman–Crippen LogP) is 11.9. The molecule has 4 amide bonds. The maximum atomic E-state index is 14.1. The van der Waals surface area contributed by atoms with Gasteiger partial charge >= 0.3 is 24.3 Å². The summed E-state index contributed by atoms with van der Waals surface area (Å²) in [6.07, 6.45) is 11.3. The van der Waals surface area contributed by atoms with Crippen LogP contribution in [0.2, 0.25) is 0 Å². The Balaban J connectivity index is 0.000000142. The second kappa shape index (κ2) is 37.2. The Labute approximate surface area is 711 Å². The van der Waals surface area contributed by atoms with Crippen LogP contribution < -0.4 is 19.5 Å². The molecule has 0 spiro atoms. The molecule has 9 fully saturated rings. The number of likely N-dealkylation sites (tertiary alicyclic amines) is 2. The standard InChI is InChI=1S/C26H26FN5O4.C26H28FN5O4.C21H20FN5O2.C9H11NO5.C4H8O2.ClH/c1-15-19(9-28)21(4-3-20(15)27)32-8-5-18-23(32)29-14-30-24(18)35-22-16-10-31(11-17(22)13-34-12-16)25(33)36-26(2)6-7-26;1-15-19(9-28)21(6-5-20(15)27)32-8-7-18-23(32)29-14-30-24(18)35-22-16-10-31(11-17(22)13-34-12-16)25(33)36-26(2,3)4;1-12-16(6-23)18(3-2-17(12)22)27-5-4-15-20(27)25-11-26-21(15)29-19-13-7-24-8-14(19)10-28-9-13;1-9(4-5-9)14-8(13)15-10-6(11)2-3-7(10)12;1-3-6-4(2)5;/h3-5,8,14,16-17,22H,6-7,10-13H2,1-2H3;5-8,14,16-17,22H,10-13H2,1-4H3;2-5,11,13-14,19,24H,7-10H2,1H3;2-5H2,1H3;3H2,1-2H3;1H. The van der Waals surface area contributed by atoms with Crippen LogP contribution in [0.25, 0.3) is 50.2 Å². The van der Waals surface area contributed by atoms with Crippen LogP contribution in [0, 0.1) is 108 Å². The molecule has 2 saturated carbocycles. The number of hydroxylamine groups is 2. The van der Waals surface area contributed by atoms with Crippen LogP contribution in [0.4, 0.5) is 27.6 Å². The van der Waals surface area contributed by atoms with Crippen molar-refractivity contribution in [1.82, 2.24) is 63.8 Å². The highest BCUT2D eigenvalue weighted by Crippen LogP contribution is 2.43. The van der Waals surface area contributed by atoms with E-state index in [1.165, 1.54) is 44.1 Å². The van der Waals surface area contributed by atoms with Crippen molar-refractivity contribution in [2.45, 2.75) is 143 Å². The molecule has 7 saturated heterocycles. The average molecular weight is 1720 g/mol. The second-order valence-electron chi connectivity index (χ2n) is 32.9. The molecule has 9 aromatic rings. The van der Waals surface area contributed by atoms with Gasteiger partial charge in [-0.05, 0) is 143 Å². The van der Waals surface area contributed by atoms with Gasteiger partial charge in [0.25, 0.3) is 11.8 Å². The van der Waals surface area contributed by atoms with E-state index in [9.17, 15) is 57.7 Å². The minimum absolute atomic E-state index is 0. The SMILES string of the molecule is CC1(OC(=O)ON2C(=O)CCC2=O)CC1.CCOC(C)=O.Cc1c(F)ccc(-n2ccc3c(OC4C5CNCC4COC5)ncnc32)c1C#N.Cc1c(F)ccc(-n2ccc3c(OC4C5COCC4CN(C(=O)OC(C)(C)C)C5)ncnc32)c1C#N.Cc1c(F)ccc(-n2ccc3c(OC4C5COCC4CN(C(=O)OC4(C)CC4)C5)ncnc32)c1C#N.Cl. The minimum atomic E-state index is -0.987. The molecule has 33 nitrogen and oxygen atoms in total. The summed E-state index contributed by atoms with van der Waals surface area (Å²) in [6, 6.07) is 20.6. The largest absolute Gasteiger partial charge is 0.534 e. The van der Waals surface area contributed by atoms with Gasteiger partial charge in [-0.25, -0.2) is 57.5 Å². The second-order valence-corrected chi connectivity index (χ2v) is 32.9. The number of ether oxygens (including phenoxy) is 10. The lowest BCUT2D eigenvalue weighted by Gasteiger charge is -2.46. The average Bonchev–Trinajstić information content (AvgIpc) is 1.65. The van der Waals surface area contributed by atoms with E-state index in [0.29, 0.717) is 145 Å². The number of imide groups is 1. The number of halogens is 4. The Morgan fingerprint density at radius 3 is 1.19 bits per heavy atom. The quantitative estimate of drug-likeness (QED) is 0.0636. The molecular weight excluding hydrogens is 1620 g/mol. The van der Waals surface area contributed by atoms with E-state index in [0.717, 1.165) is 44.2 Å². The third-order valence-corrected chi connectivity index (χ3v) is 22.7. The molecule has 0 radical (unpaired) electrons. The van der Waals surface area contributed by atoms with Crippen molar-refractivity contribution in [1.29, 1.82) is 15.8 Å². The first-order valence-electron chi connectivity index (χ1n) is 40.3. The van der Waals surface area contributed by atoms with Gasteiger partial charge in [-0.2, -0.15) is 15.8 Å². The van der Waals surface area contributed by atoms with Crippen LogP contribution in [0.3, 0.4) is 0 Å². The molecule has 6 atom stereocenters. The first kappa shape index (κ1) is 88.5. The number of carbonyl (C=O) groups excluding carboxylic acids is 6. The number of benzene rings is 3. The van der Waals surface area contributed by atoms with E-state index >= 15 is 0 Å². The lowest BCUT2D eigenvalue weighted by Crippen LogP contribution is -2.59. The van der Waals surface area contributed by atoms with E-state index in [2.05, 4.69) is 63.0 Å². The molecular formula is C86H94ClF3N16O17. The topological polar surface area (TPSA) is 389 Å². The zero-order valence-corrected chi connectivity index (χ0v) is 70.3. The van der Waals surface area contributed by atoms with Crippen molar-refractivity contribution in [2.75, 3.05) is 85.5 Å². The molecule has 13 heterocycles. The molecule has 123 heavy (non-hydrogen) atoms. The highest BCUT2D eigenvalue weighted by atomic mass is 35.5. The van der Waals surface area contributed by atoms with E-state index in [1.54, 1.807) is 88.7 Å². The van der Waals surface area contributed by atoms with Crippen molar-refractivity contribution >= 4 is 81.6 Å². The monoisotopic (exact) mass is 1710 g/mol. The Bertz CT molecular complexity index is 5370. The third-order valence-electron chi connectivity index (χ3n) is 22.7. The van der Waals surface area contributed by atoms with Gasteiger partial charge < -0.3 is 62.5 Å². The van der Waals surface area contributed by atoms with Crippen LogP contribution in [-0.2, 0) is 52.4 Å². The fourth-order valence-electron chi connectivity index (χ4n) is 15.8. The number of fused-ring (bicyclic) bond motifs is 9. The van der Waals surface area contributed by atoms with Gasteiger partial charge in [0.05, 0.1) is 96.2 Å². The van der Waals surface area contributed by atoms with Crippen LogP contribution in [0.5, 0.6) is 17.6 Å². The molecule has 6 unspecified atom stereocenters. The molecule has 1 N–H and O–H groups in total. The van der Waals surface area contributed by atoms with Gasteiger partial charge in [-0.3, -0.25) is 32.9 Å². The fraction of sp³-hybridized carbons (Fsp3) is 0.477. The van der Waals surface area contributed by atoms with Crippen molar-refractivity contribution in [3.63, 3.8) is 0 Å². The molecule has 7 aliphatic heterocycles. The first-order valence-corrected chi connectivity index (χ1v) is 40.3. The Kier molecular flexibility index (Phi) is 26.8. The number of carbonyl (C=O) groups is 6. The number of nitriles is 3. The summed E-state index contributed by atoms with van der Waals surface area (Å²) in [5, 5.41) is 34.9. The molecule has 2 aliphatic carbocycles. The molecule has 9 aliphatic rings. The van der Waals surface area contributed by atoms with Gasteiger partial charge in [0.1, 0.15) is 89.8 Å². The van der Waals surface area contributed by atoms with Gasteiger partial charge in [-0.1, -0.05) is 5.06 Å². The number of piperidine rings is 3. The summed E-state index contributed by atoms with van der Waals surface area (Å²) in [5.41, 5.74) is 3.71. The number of nitrogens with zero attached hydrogens (tertiary/aromatic N) is 15. The maximum absolute atomic E-state index is 14.1. The van der Waals surface area contributed by atoms with E-state index < -0.39 is 46.6 Å². The smallest absolute Gasteiger partial charge is 0.473 e. The molecule has 648 valence electrons. The summed E-state index contributed by atoms with van der Waals surface area (Å²) in [5.74, 6) is -0.671. The van der Waals surface area contributed by atoms with Crippen LogP contribution in [0.1, 0.15) is 120 Å². The van der Waals surface area contributed by atoms with Crippen molar-refractivity contribution in [2.24, 2.45) is 35.5 Å². The number of rotatable bonds is 13. The Morgan fingerprint density at radius 1 is 0.520 bits per heavy atom. The lowest BCUT2D eigenvalue weighted by atomic mass is 9.84. The Morgan fingerprint density at radius 2 is 0.862 bits per heavy atom. The zero-order valence-electron chi connectivity index (χ0n) is 69.5. The van der Waals surface area contributed by atoms with E-state index in [4.69, 9.17) is 42.6 Å². The number of esters is 1. The fourth-order valence-corrected chi connectivity index (χ4v) is 15.8. The molecule has 6 bridgehead atoms. The number of nitrogens with one attached hydrogen (secondary N) is 1. The summed E-state index contributed by atoms with van der Waals surface area (Å²) in [4.78, 5) is 103. The Hall–Kier alpha value is -12.3. The number of hydrogen-bond acceptors (Lipinski definition) is 27. The zero-order chi connectivity index (χ0) is 86.6. The van der Waals surface area contributed by atoms with Crippen LogP contribution in [-0.4, -0.2) is 215 Å². The van der Waals surface area contributed by atoms with Crippen LogP contribution >= 0.6 is 12.4 Å². The lowest BCUT2D eigenvalue weighted by molar-refractivity contribution is -0.179.